The summed E-state index contributed by atoms with van der Waals surface area (Å²) in [7, 11) is 0. The number of nitrogens with zero attached hydrogens (tertiary/aromatic N) is 4. The van der Waals surface area contributed by atoms with Crippen LogP contribution in [-0.4, -0.2) is 0 Å². The molecule has 0 heterocycles. The smallest absolute Gasteiger partial charge is 0.0998 e. The molecule has 4 nitrogen and oxygen atoms in total. The van der Waals surface area contributed by atoms with Gasteiger partial charge in [-0.15, -0.1) is 0 Å². The van der Waals surface area contributed by atoms with Crippen molar-refractivity contribution >= 4 is 61.8 Å². The Labute approximate surface area is 234 Å². The first-order chi connectivity index (χ1) is 19.0. The van der Waals surface area contributed by atoms with Gasteiger partial charge in [-0.1, -0.05) is 76.6 Å². The molecule has 0 spiro atoms. The summed E-state index contributed by atoms with van der Waals surface area (Å²) in [5.41, 5.74) is 6.03. The van der Waals surface area contributed by atoms with Crippen molar-refractivity contribution in [3.63, 3.8) is 0 Å². The zero-order valence-corrected chi connectivity index (χ0v) is 22.1. The van der Waals surface area contributed by atoms with Crippen molar-refractivity contribution in [2.45, 2.75) is 0 Å². The second-order valence-electron chi connectivity index (χ2n) is 8.83. The van der Waals surface area contributed by atoms with E-state index in [1.165, 1.54) is 0 Å². The Morgan fingerprint density at radius 2 is 0.821 bits per heavy atom. The maximum Gasteiger partial charge on any atom is 0.0998 e. The molecule has 0 aliphatic carbocycles. The highest BCUT2D eigenvalue weighted by molar-refractivity contribution is 9.10. The fraction of sp³-hybridized carbons (Fsp3) is 0. The van der Waals surface area contributed by atoms with E-state index >= 15 is 0 Å². The third kappa shape index (κ3) is 5.05. The van der Waals surface area contributed by atoms with Gasteiger partial charge in [-0.2, -0.15) is 21.0 Å². The molecule has 5 rings (SSSR count). The van der Waals surface area contributed by atoms with E-state index in [-0.39, 0.29) is 0 Å². The van der Waals surface area contributed by atoms with E-state index in [2.05, 4.69) is 40.2 Å². The lowest BCUT2D eigenvalue weighted by Gasteiger charge is -2.05. The predicted molar refractivity (Wildman–Crippen MR) is 159 cm³/mol. The van der Waals surface area contributed by atoms with Gasteiger partial charge in [0, 0.05) is 26.0 Å². The summed E-state index contributed by atoms with van der Waals surface area (Å²) in [6.45, 7) is 0. The summed E-state index contributed by atoms with van der Waals surface area (Å²) in [5, 5.41) is 40.8. The van der Waals surface area contributed by atoms with Crippen LogP contribution in [0.15, 0.2) is 83.3 Å². The van der Waals surface area contributed by atoms with Crippen molar-refractivity contribution in [2.75, 3.05) is 0 Å². The SMILES string of the molecule is N#Cc1ccc(C#N)c2cc(/C=C\c3ccc(/C=C/c4ccc5c(C#N)ccc(C#N)c5c4)c(Br)c3)ccc12. The van der Waals surface area contributed by atoms with Crippen LogP contribution in [-0.2, 0) is 0 Å². The van der Waals surface area contributed by atoms with Crippen molar-refractivity contribution in [3.05, 3.63) is 128 Å². The molecule has 0 atom stereocenters. The molecule has 0 aromatic heterocycles. The van der Waals surface area contributed by atoms with Crippen LogP contribution in [0, 0.1) is 45.3 Å². The van der Waals surface area contributed by atoms with Crippen LogP contribution >= 0.6 is 15.9 Å². The minimum absolute atomic E-state index is 0.539. The Morgan fingerprint density at radius 3 is 1.26 bits per heavy atom. The molecule has 0 saturated heterocycles. The van der Waals surface area contributed by atoms with Crippen LogP contribution < -0.4 is 0 Å². The van der Waals surface area contributed by atoms with Crippen LogP contribution in [0.1, 0.15) is 44.5 Å². The summed E-state index contributed by atoms with van der Waals surface area (Å²) >= 11 is 3.66. The summed E-state index contributed by atoms with van der Waals surface area (Å²) in [5.74, 6) is 0. The first-order valence-corrected chi connectivity index (χ1v) is 12.7. The van der Waals surface area contributed by atoms with Gasteiger partial charge in [-0.3, -0.25) is 0 Å². The van der Waals surface area contributed by atoms with Gasteiger partial charge in [0.25, 0.3) is 0 Å². The van der Waals surface area contributed by atoms with Gasteiger partial charge < -0.3 is 0 Å². The molecule has 5 aromatic rings. The van der Waals surface area contributed by atoms with E-state index in [0.29, 0.717) is 22.3 Å². The Hall–Kier alpha value is -5.46. The molecule has 0 fully saturated rings. The quantitative estimate of drug-likeness (QED) is 0.205. The second kappa shape index (κ2) is 10.9. The van der Waals surface area contributed by atoms with Crippen molar-refractivity contribution < 1.29 is 0 Å². The van der Waals surface area contributed by atoms with Crippen molar-refractivity contribution in [3.8, 4) is 24.3 Å². The fourth-order valence-electron chi connectivity index (χ4n) is 4.49. The van der Waals surface area contributed by atoms with E-state index in [1.54, 1.807) is 24.3 Å². The maximum absolute atomic E-state index is 9.48. The zero-order chi connectivity index (χ0) is 27.4. The molecule has 180 valence electrons. The highest BCUT2D eigenvalue weighted by Gasteiger charge is 2.07. The fourth-order valence-corrected chi connectivity index (χ4v) is 5.02. The third-order valence-corrected chi connectivity index (χ3v) is 7.20. The van der Waals surface area contributed by atoms with Crippen LogP contribution in [0.5, 0.6) is 0 Å². The highest BCUT2D eigenvalue weighted by atomic mass is 79.9. The molecule has 0 aliphatic heterocycles. The van der Waals surface area contributed by atoms with E-state index in [4.69, 9.17) is 0 Å². The number of hydrogen-bond acceptors (Lipinski definition) is 4. The Morgan fingerprint density at radius 1 is 0.436 bits per heavy atom. The minimum Gasteiger partial charge on any atom is -0.192 e. The monoisotopic (exact) mass is 560 g/mol. The third-order valence-electron chi connectivity index (χ3n) is 6.51. The Bertz CT molecular complexity index is 2020. The molecule has 0 unspecified atom stereocenters. The summed E-state index contributed by atoms with van der Waals surface area (Å²) in [6, 6.07) is 33.1. The number of halogens is 1. The largest absolute Gasteiger partial charge is 0.192 e. The topological polar surface area (TPSA) is 95.2 Å². The van der Waals surface area contributed by atoms with E-state index in [1.807, 2.05) is 78.9 Å². The number of benzene rings is 5. The summed E-state index contributed by atoms with van der Waals surface area (Å²) < 4.78 is 0.926. The molecule has 0 aliphatic rings. The molecule has 5 aromatic carbocycles. The summed E-state index contributed by atoms with van der Waals surface area (Å²) in [6.07, 6.45) is 7.96. The minimum atomic E-state index is 0.539. The predicted octanol–water partition coefficient (Wildman–Crippen LogP) is 8.58. The van der Waals surface area contributed by atoms with E-state index in [0.717, 1.165) is 48.3 Å². The molecule has 0 saturated carbocycles. The van der Waals surface area contributed by atoms with Crippen molar-refractivity contribution in [1.29, 1.82) is 21.0 Å². The average molecular weight is 561 g/mol. The number of rotatable bonds is 4. The average Bonchev–Trinajstić information content (AvgIpc) is 2.98. The van der Waals surface area contributed by atoms with Crippen LogP contribution in [0.3, 0.4) is 0 Å². The first-order valence-electron chi connectivity index (χ1n) is 11.9. The Balaban J connectivity index is 1.40. The van der Waals surface area contributed by atoms with Gasteiger partial charge in [0.1, 0.15) is 0 Å². The van der Waals surface area contributed by atoms with Crippen molar-refractivity contribution in [2.24, 2.45) is 0 Å². The summed E-state index contributed by atoms with van der Waals surface area (Å²) in [4.78, 5) is 0. The van der Waals surface area contributed by atoms with Crippen LogP contribution in [0.25, 0.3) is 45.8 Å². The molecule has 39 heavy (non-hydrogen) atoms. The number of nitriles is 4. The number of fused-ring (bicyclic) bond motifs is 2. The lowest BCUT2D eigenvalue weighted by molar-refractivity contribution is 1.48. The lowest BCUT2D eigenvalue weighted by Crippen LogP contribution is -1.86. The van der Waals surface area contributed by atoms with Gasteiger partial charge in [0.05, 0.1) is 46.5 Å². The molecule has 0 bridgehead atoms. The Kier molecular flexibility index (Phi) is 7.03. The van der Waals surface area contributed by atoms with Crippen LogP contribution in [0.4, 0.5) is 0 Å². The van der Waals surface area contributed by atoms with E-state index in [9.17, 15) is 21.0 Å². The van der Waals surface area contributed by atoms with Gasteiger partial charge in [-0.25, -0.2) is 0 Å². The molecular formula is C34H17BrN4. The van der Waals surface area contributed by atoms with Gasteiger partial charge in [-0.05, 0) is 64.7 Å². The molecular weight excluding hydrogens is 544 g/mol. The molecule has 0 radical (unpaired) electrons. The molecule has 0 amide bonds. The molecule has 5 heteroatoms. The van der Waals surface area contributed by atoms with Gasteiger partial charge in [0.2, 0.25) is 0 Å². The zero-order valence-electron chi connectivity index (χ0n) is 20.5. The van der Waals surface area contributed by atoms with Crippen LogP contribution in [0.2, 0.25) is 0 Å². The molecule has 0 N–H and O–H groups in total. The van der Waals surface area contributed by atoms with Gasteiger partial charge in [0.15, 0.2) is 0 Å². The normalized spacial score (nSPS) is 10.9. The number of hydrogen-bond donors (Lipinski definition) is 0. The second-order valence-corrected chi connectivity index (χ2v) is 9.68. The highest BCUT2D eigenvalue weighted by Crippen LogP contribution is 2.27. The van der Waals surface area contributed by atoms with E-state index < -0.39 is 0 Å². The first kappa shape index (κ1) is 25.2. The maximum atomic E-state index is 9.48. The lowest BCUT2D eigenvalue weighted by atomic mass is 9.98. The standard InChI is InChI=1S/C34H17BrN4/c35-34-17-24(2-1-22-5-13-30-26(18-36)9-11-28(20-38)32(30)15-22)4-8-25(34)7-3-23-6-14-31-27(19-37)10-12-29(21-39)33(31)16-23/h1-17H/b2-1-,7-3+. The van der Waals surface area contributed by atoms with Crippen molar-refractivity contribution in [1.82, 2.24) is 0 Å². The van der Waals surface area contributed by atoms with Gasteiger partial charge >= 0.3 is 0 Å².